The molecule has 0 aliphatic carbocycles. The molecule has 1 atom stereocenters. The van der Waals surface area contributed by atoms with Crippen LogP contribution in [0.25, 0.3) is 0 Å². The van der Waals surface area contributed by atoms with Crippen LogP contribution in [0.3, 0.4) is 0 Å². The fraction of sp³-hybridized carbons (Fsp3) is 0.182. The molecule has 98 valence electrons. The van der Waals surface area contributed by atoms with Crippen LogP contribution < -0.4 is 5.32 Å². The third-order valence-electron chi connectivity index (χ3n) is 2.44. The molecule has 0 aromatic carbocycles. The Morgan fingerprint density at radius 1 is 1.37 bits per heavy atom. The number of carboxylic acids is 1. The van der Waals surface area contributed by atoms with E-state index < -0.39 is 5.97 Å². The van der Waals surface area contributed by atoms with E-state index in [-0.39, 0.29) is 23.2 Å². The molecule has 8 nitrogen and oxygen atoms in total. The summed E-state index contributed by atoms with van der Waals surface area (Å²) in [4.78, 5) is 30.1. The summed E-state index contributed by atoms with van der Waals surface area (Å²) in [7, 11) is 0. The van der Waals surface area contributed by atoms with Crippen molar-refractivity contribution in [1.82, 2.24) is 25.5 Å². The number of hydrogen-bond acceptors (Lipinski definition) is 5. The van der Waals surface area contributed by atoms with Crippen LogP contribution in [-0.4, -0.2) is 37.1 Å². The number of aromatic carboxylic acids is 1. The molecule has 0 aliphatic heterocycles. The first-order valence-corrected chi connectivity index (χ1v) is 5.43. The van der Waals surface area contributed by atoms with Crippen LogP contribution in [0.2, 0.25) is 0 Å². The van der Waals surface area contributed by atoms with Gasteiger partial charge >= 0.3 is 5.97 Å². The van der Waals surface area contributed by atoms with Gasteiger partial charge in [0.15, 0.2) is 0 Å². The minimum absolute atomic E-state index is 0.111. The van der Waals surface area contributed by atoms with Gasteiger partial charge < -0.3 is 10.4 Å². The zero-order chi connectivity index (χ0) is 13.8. The third kappa shape index (κ3) is 2.92. The smallest absolute Gasteiger partial charge is 0.354 e. The Morgan fingerprint density at radius 2 is 2.16 bits per heavy atom. The Hall–Kier alpha value is -2.77. The molecule has 19 heavy (non-hydrogen) atoms. The number of pyridine rings is 1. The van der Waals surface area contributed by atoms with Crippen LogP contribution in [0.1, 0.15) is 39.6 Å². The zero-order valence-electron chi connectivity index (χ0n) is 9.99. The van der Waals surface area contributed by atoms with Gasteiger partial charge in [0.25, 0.3) is 5.91 Å². The van der Waals surface area contributed by atoms with Crippen molar-refractivity contribution in [3.05, 3.63) is 41.7 Å². The number of nitrogens with zero attached hydrogens (tertiary/aromatic N) is 3. The van der Waals surface area contributed by atoms with Gasteiger partial charge in [-0.25, -0.2) is 14.8 Å². The van der Waals surface area contributed by atoms with Crippen molar-refractivity contribution in [3.8, 4) is 0 Å². The summed E-state index contributed by atoms with van der Waals surface area (Å²) in [5.74, 6) is -0.973. The SMILES string of the molecule is CC(NC(=O)c1ccc(C(=O)O)nc1)c1ncn[nH]1. The molecule has 0 bridgehead atoms. The Balaban J connectivity index is 2.05. The van der Waals surface area contributed by atoms with Gasteiger partial charge in [-0.05, 0) is 19.1 Å². The van der Waals surface area contributed by atoms with E-state index in [0.717, 1.165) is 0 Å². The van der Waals surface area contributed by atoms with Gasteiger partial charge in [-0.2, -0.15) is 5.10 Å². The molecule has 0 aliphatic rings. The highest BCUT2D eigenvalue weighted by atomic mass is 16.4. The second-order valence-electron chi connectivity index (χ2n) is 3.80. The number of rotatable bonds is 4. The maximum atomic E-state index is 11.9. The molecule has 0 saturated carbocycles. The van der Waals surface area contributed by atoms with Gasteiger partial charge in [0, 0.05) is 6.20 Å². The predicted molar refractivity (Wildman–Crippen MR) is 63.5 cm³/mol. The van der Waals surface area contributed by atoms with Crippen molar-refractivity contribution in [1.29, 1.82) is 0 Å². The second kappa shape index (κ2) is 5.25. The van der Waals surface area contributed by atoms with Gasteiger partial charge in [-0.1, -0.05) is 0 Å². The molecule has 2 aromatic rings. The average Bonchev–Trinajstić information content (AvgIpc) is 2.92. The van der Waals surface area contributed by atoms with Gasteiger partial charge in [-0.3, -0.25) is 9.89 Å². The number of amides is 1. The van der Waals surface area contributed by atoms with Crippen LogP contribution in [0.4, 0.5) is 0 Å². The normalized spacial score (nSPS) is 11.8. The Morgan fingerprint density at radius 3 is 2.68 bits per heavy atom. The number of H-pyrrole nitrogens is 1. The van der Waals surface area contributed by atoms with Gasteiger partial charge in [0.1, 0.15) is 17.8 Å². The van der Waals surface area contributed by atoms with E-state index in [0.29, 0.717) is 5.82 Å². The Kier molecular flexibility index (Phi) is 3.51. The first kappa shape index (κ1) is 12.7. The summed E-state index contributed by atoms with van der Waals surface area (Å²) in [6.07, 6.45) is 2.56. The number of carbonyl (C=O) groups is 2. The molecular weight excluding hydrogens is 250 g/mol. The van der Waals surface area contributed by atoms with E-state index >= 15 is 0 Å². The fourth-order valence-electron chi connectivity index (χ4n) is 1.43. The number of carbonyl (C=O) groups excluding carboxylic acids is 1. The summed E-state index contributed by atoms with van der Waals surface area (Å²) >= 11 is 0. The average molecular weight is 261 g/mol. The largest absolute Gasteiger partial charge is 0.477 e. The highest BCUT2D eigenvalue weighted by Gasteiger charge is 2.14. The van der Waals surface area contributed by atoms with Crippen LogP contribution in [0.15, 0.2) is 24.7 Å². The summed E-state index contributed by atoms with van der Waals surface area (Å²) in [5.41, 5.74) is 0.163. The molecule has 8 heteroatoms. The number of aromatic nitrogens is 4. The van der Waals surface area contributed by atoms with E-state index in [1.54, 1.807) is 6.92 Å². The monoisotopic (exact) mass is 261 g/mol. The molecule has 0 spiro atoms. The highest BCUT2D eigenvalue weighted by molar-refractivity contribution is 5.95. The first-order valence-electron chi connectivity index (χ1n) is 5.43. The van der Waals surface area contributed by atoms with Gasteiger partial charge in [-0.15, -0.1) is 0 Å². The lowest BCUT2D eigenvalue weighted by molar-refractivity contribution is 0.0689. The lowest BCUT2D eigenvalue weighted by atomic mass is 10.2. The molecular formula is C11H11N5O3. The molecule has 2 aromatic heterocycles. The van der Waals surface area contributed by atoms with E-state index in [9.17, 15) is 9.59 Å². The lowest BCUT2D eigenvalue weighted by Crippen LogP contribution is -2.27. The number of carboxylic acid groups (broad SMARTS) is 1. The zero-order valence-corrected chi connectivity index (χ0v) is 9.99. The van der Waals surface area contributed by atoms with E-state index in [2.05, 4.69) is 25.5 Å². The number of hydrogen-bond donors (Lipinski definition) is 3. The van der Waals surface area contributed by atoms with Crippen molar-refractivity contribution in [2.75, 3.05) is 0 Å². The highest BCUT2D eigenvalue weighted by Crippen LogP contribution is 2.07. The summed E-state index contributed by atoms with van der Waals surface area (Å²) in [6, 6.07) is 2.34. The van der Waals surface area contributed by atoms with E-state index in [1.807, 2.05) is 0 Å². The minimum Gasteiger partial charge on any atom is -0.477 e. The van der Waals surface area contributed by atoms with E-state index in [4.69, 9.17) is 5.11 Å². The first-order chi connectivity index (χ1) is 9.08. The Bertz CT molecular complexity index is 579. The number of nitrogens with one attached hydrogen (secondary N) is 2. The number of aromatic amines is 1. The maximum Gasteiger partial charge on any atom is 0.354 e. The van der Waals surface area contributed by atoms with Gasteiger partial charge in [0.2, 0.25) is 0 Å². The molecule has 0 radical (unpaired) electrons. The van der Waals surface area contributed by atoms with Crippen LogP contribution >= 0.6 is 0 Å². The lowest BCUT2D eigenvalue weighted by Gasteiger charge is -2.10. The van der Waals surface area contributed by atoms with Crippen molar-refractivity contribution in [2.24, 2.45) is 0 Å². The summed E-state index contributed by atoms with van der Waals surface area (Å²) in [6.45, 7) is 1.75. The molecule has 1 amide bonds. The van der Waals surface area contributed by atoms with Crippen molar-refractivity contribution >= 4 is 11.9 Å². The Labute approximate surface area is 107 Å². The minimum atomic E-state index is -1.14. The second-order valence-corrected chi connectivity index (χ2v) is 3.80. The van der Waals surface area contributed by atoms with Crippen LogP contribution in [0, 0.1) is 0 Å². The topological polar surface area (TPSA) is 121 Å². The van der Waals surface area contributed by atoms with Crippen molar-refractivity contribution < 1.29 is 14.7 Å². The molecule has 0 saturated heterocycles. The summed E-state index contributed by atoms with van der Waals surface area (Å²) in [5, 5.41) is 17.7. The molecule has 3 N–H and O–H groups in total. The quantitative estimate of drug-likeness (QED) is 0.732. The standard InChI is InChI=1S/C11H11N5O3/c1-6(9-13-5-14-16-9)15-10(17)7-2-3-8(11(18)19)12-4-7/h2-6H,1H3,(H,15,17)(H,18,19)(H,13,14,16). The fourth-order valence-corrected chi connectivity index (χ4v) is 1.43. The maximum absolute atomic E-state index is 11.9. The van der Waals surface area contributed by atoms with Gasteiger partial charge in [0.05, 0.1) is 11.6 Å². The van der Waals surface area contributed by atoms with Crippen molar-refractivity contribution in [2.45, 2.75) is 13.0 Å². The molecule has 1 unspecified atom stereocenters. The van der Waals surface area contributed by atoms with Crippen LogP contribution in [-0.2, 0) is 0 Å². The molecule has 2 rings (SSSR count). The predicted octanol–water partition coefficient (Wildman–Crippen LogP) is 0.389. The third-order valence-corrected chi connectivity index (χ3v) is 2.44. The summed E-state index contributed by atoms with van der Waals surface area (Å²) < 4.78 is 0. The van der Waals surface area contributed by atoms with E-state index in [1.165, 1.54) is 24.7 Å². The molecule has 0 fully saturated rings. The van der Waals surface area contributed by atoms with Crippen LogP contribution in [0.5, 0.6) is 0 Å². The molecule has 2 heterocycles. The van der Waals surface area contributed by atoms with Crippen molar-refractivity contribution in [3.63, 3.8) is 0 Å².